The summed E-state index contributed by atoms with van der Waals surface area (Å²) in [6.07, 6.45) is 0. The molecule has 0 aliphatic carbocycles. The van der Waals surface area contributed by atoms with E-state index in [4.69, 9.17) is 0 Å². The minimum Gasteiger partial charge on any atom is -0.258 e. The van der Waals surface area contributed by atoms with Crippen LogP contribution in [0.3, 0.4) is 0 Å². The predicted octanol–water partition coefficient (Wildman–Crippen LogP) is 2.90. The van der Waals surface area contributed by atoms with Gasteiger partial charge in [-0.05, 0) is 32.0 Å². The highest BCUT2D eigenvalue weighted by molar-refractivity contribution is 5.90. The van der Waals surface area contributed by atoms with Crippen LogP contribution in [0, 0.1) is 29.8 Å². The third kappa shape index (κ3) is 1.50. The molecule has 0 radical (unpaired) electrons. The highest BCUT2D eigenvalue weighted by Crippen LogP contribution is 2.30. The first kappa shape index (κ1) is 10.5. The molecule has 0 saturated carbocycles. The van der Waals surface area contributed by atoms with Gasteiger partial charge >= 0.3 is 0 Å². The minimum atomic E-state index is -0.526. The number of aryl methyl sites for hydroxylation is 2. The Bertz CT molecular complexity index is 596. The number of nitro groups is 1. The van der Waals surface area contributed by atoms with Gasteiger partial charge in [-0.1, -0.05) is 0 Å². The average molecular weight is 220 g/mol. The summed E-state index contributed by atoms with van der Waals surface area (Å²) in [7, 11) is 0. The van der Waals surface area contributed by atoms with Crippen molar-refractivity contribution in [3.05, 3.63) is 45.4 Å². The first-order valence-electron chi connectivity index (χ1n) is 4.71. The molecule has 0 fully saturated rings. The van der Waals surface area contributed by atoms with Crippen LogP contribution in [0.2, 0.25) is 0 Å². The molecule has 0 atom stereocenters. The van der Waals surface area contributed by atoms with Gasteiger partial charge < -0.3 is 0 Å². The number of nitrogens with zero attached hydrogens (tertiary/aromatic N) is 2. The molecule has 4 nitrogen and oxygen atoms in total. The molecule has 0 saturated heterocycles. The lowest BCUT2D eigenvalue weighted by Gasteiger charge is -2.04. The Morgan fingerprint density at radius 3 is 2.69 bits per heavy atom. The second-order valence-electron chi connectivity index (χ2n) is 3.63. The van der Waals surface area contributed by atoms with Crippen molar-refractivity contribution in [2.75, 3.05) is 0 Å². The van der Waals surface area contributed by atoms with Gasteiger partial charge in [0.15, 0.2) is 0 Å². The maximum Gasteiger partial charge on any atom is 0.281 e. The molecule has 16 heavy (non-hydrogen) atoms. The highest BCUT2D eigenvalue weighted by atomic mass is 19.1. The van der Waals surface area contributed by atoms with Crippen LogP contribution in [0.25, 0.3) is 10.9 Å². The van der Waals surface area contributed by atoms with Crippen LogP contribution < -0.4 is 0 Å². The summed E-state index contributed by atoms with van der Waals surface area (Å²) in [4.78, 5) is 14.4. The number of hydrogen-bond acceptors (Lipinski definition) is 3. The number of aromatic nitrogens is 1. The maximum atomic E-state index is 13.6. The van der Waals surface area contributed by atoms with Crippen molar-refractivity contribution in [2.45, 2.75) is 13.8 Å². The summed E-state index contributed by atoms with van der Waals surface area (Å²) < 4.78 is 13.6. The van der Waals surface area contributed by atoms with E-state index in [0.717, 1.165) is 6.07 Å². The predicted molar refractivity (Wildman–Crippen MR) is 57.8 cm³/mol. The normalized spacial score (nSPS) is 10.7. The number of pyridine rings is 1. The molecular weight excluding hydrogens is 211 g/mol. The van der Waals surface area contributed by atoms with Crippen molar-refractivity contribution >= 4 is 16.6 Å². The SMILES string of the molecule is Cc1ccc2c([N+](=O)[O-])c(C)cc(F)c2n1. The van der Waals surface area contributed by atoms with Gasteiger partial charge in [0.05, 0.1) is 10.3 Å². The van der Waals surface area contributed by atoms with Crippen molar-refractivity contribution < 1.29 is 9.31 Å². The summed E-state index contributed by atoms with van der Waals surface area (Å²) >= 11 is 0. The van der Waals surface area contributed by atoms with Crippen LogP contribution in [-0.2, 0) is 0 Å². The van der Waals surface area contributed by atoms with Gasteiger partial charge in [-0.3, -0.25) is 10.1 Å². The van der Waals surface area contributed by atoms with Crippen LogP contribution in [-0.4, -0.2) is 9.91 Å². The lowest BCUT2D eigenvalue weighted by molar-refractivity contribution is -0.383. The summed E-state index contributed by atoms with van der Waals surface area (Å²) in [6, 6.07) is 4.31. The number of fused-ring (bicyclic) bond motifs is 1. The molecule has 1 aromatic carbocycles. The zero-order chi connectivity index (χ0) is 11.9. The van der Waals surface area contributed by atoms with Gasteiger partial charge in [0.2, 0.25) is 0 Å². The molecule has 2 aromatic rings. The largest absolute Gasteiger partial charge is 0.281 e. The molecule has 0 spiro atoms. The van der Waals surface area contributed by atoms with E-state index in [9.17, 15) is 14.5 Å². The molecule has 2 rings (SSSR count). The molecular formula is C11H9FN2O2. The zero-order valence-corrected chi connectivity index (χ0v) is 8.82. The van der Waals surface area contributed by atoms with Crippen LogP contribution in [0.1, 0.15) is 11.3 Å². The van der Waals surface area contributed by atoms with E-state index >= 15 is 0 Å². The highest BCUT2D eigenvalue weighted by Gasteiger charge is 2.19. The van der Waals surface area contributed by atoms with Crippen molar-refractivity contribution in [1.82, 2.24) is 4.98 Å². The van der Waals surface area contributed by atoms with E-state index in [1.54, 1.807) is 13.0 Å². The van der Waals surface area contributed by atoms with Crippen LogP contribution in [0.4, 0.5) is 10.1 Å². The third-order valence-electron chi connectivity index (χ3n) is 2.42. The lowest BCUT2D eigenvalue weighted by Crippen LogP contribution is -1.97. The van der Waals surface area contributed by atoms with E-state index < -0.39 is 10.7 Å². The van der Waals surface area contributed by atoms with Crippen LogP contribution >= 0.6 is 0 Å². The third-order valence-corrected chi connectivity index (χ3v) is 2.42. The fourth-order valence-corrected chi connectivity index (χ4v) is 1.71. The molecule has 82 valence electrons. The Labute approximate surface area is 90.9 Å². The number of benzene rings is 1. The monoisotopic (exact) mass is 220 g/mol. The van der Waals surface area contributed by atoms with Crippen molar-refractivity contribution in [2.24, 2.45) is 0 Å². The summed E-state index contributed by atoms with van der Waals surface area (Å²) in [5.74, 6) is -0.526. The quantitative estimate of drug-likeness (QED) is 0.548. The maximum absolute atomic E-state index is 13.6. The minimum absolute atomic E-state index is 0.0531. The second-order valence-corrected chi connectivity index (χ2v) is 3.63. The Balaban J connectivity index is 2.95. The van der Waals surface area contributed by atoms with Gasteiger partial charge in [0.1, 0.15) is 11.3 Å². The van der Waals surface area contributed by atoms with Crippen LogP contribution in [0.5, 0.6) is 0 Å². The molecule has 0 amide bonds. The van der Waals surface area contributed by atoms with Gasteiger partial charge in [0, 0.05) is 11.3 Å². The molecule has 5 heteroatoms. The van der Waals surface area contributed by atoms with E-state index in [2.05, 4.69) is 4.98 Å². The summed E-state index contributed by atoms with van der Waals surface area (Å²) in [5.41, 5.74) is 0.909. The number of halogens is 1. The van der Waals surface area contributed by atoms with E-state index in [-0.39, 0.29) is 16.6 Å². The lowest BCUT2D eigenvalue weighted by atomic mass is 10.1. The van der Waals surface area contributed by atoms with E-state index in [0.29, 0.717) is 11.3 Å². The molecule has 0 aliphatic rings. The molecule has 0 unspecified atom stereocenters. The Kier molecular flexibility index (Phi) is 2.30. The van der Waals surface area contributed by atoms with Gasteiger partial charge in [-0.2, -0.15) is 0 Å². The topological polar surface area (TPSA) is 56.0 Å². The van der Waals surface area contributed by atoms with Gasteiger partial charge in [0.25, 0.3) is 5.69 Å². The van der Waals surface area contributed by atoms with E-state index in [1.165, 1.54) is 13.0 Å². The molecule has 0 bridgehead atoms. The number of nitro benzene ring substituents is 1. The summed E-state index contributed by atoms with van der Waals surface area (Å²) in [6.45, 7) is 3.23. The fraction of sp³-hybridized carbons (Fsp3) is 0.182. The number of rotatable bonds is 1. The van der Waals surface area contributed by atoms with E-state index in [1.807, 2.05) is 0 Å². The van der Waals surface area contributed by atoms with Gasteiger partial charge in [-0.15, -0.1) is 0 Å². The molecule has 0 N–H and O–H groups in total. The van der Waals surface area contributed by atoms with Gasteiger partial charge in [-0.25, -0.2) is 9.37 Å². The smallest absolute Gasteiger partial charge is 0.258 e. The van der Waals surface area contributed by atoms with Crippen molar-refractivity contribution in [3.63, 3.8) is 0 Å². The first-order chi connectivity index (χ1) is 7.50. The Morgan fingerprint density at radius 1 is 1.38 bits per heavy atom. The molecule has 0 aliphatic heterocycles. The Morgan fingerprint density at radius 2 is 2.06 bits per heavy atom. The Hall–Kier alpha value is -2.04. The van der Waals surface area contributed by atoms with Crippen molar-refractivity contribution in [1.29, 1.82) is 0 Å². The molecule has 1 heterocycles. The fourth-order valence-electron chi connectivity index (χ4n) is 1.71. The number of hydrogen-bond donors (Lipinski definition) is 0. The van der Waals surface area contributed by atoms with Crippen LogP contribution in [0.15, 0.2) is 18.2 Å². The standard InChI is InChI=1S/C11H9FN2O2/c1-6-5-9(12)10-8(11(6)14(15)16)4-3-7(2)13-10/h3-5H,1-2H3. The summed E-state index contributed by atoms with van der Waals surface area (Å²) in [5, 5.41) is 11.1. The first-order valence-corrected chi connectivity index (χ1v) is 4.71. The second kappa shape index (κ2) is 3.52. The zero-order valence-electron chi connectivity index (χ0n) is 8.82. The average Bonchev–Trinajstić information content (AvgIpc) is 2.18. The molecule has 1 aromatic heterocycles. The van der Waals surface area contributed by atoms with Crippen molar-refractivity contribution in [3.8, 4) is 0 Å².